The number of Topliss-reactive ketones (excluding diaryl/α,β-unsaturated/α-hetero) is 1. The number of fused-ring (bicyclic) bond motifs is 1. The molecule has 6 rings (SSSR count). The summed E-state index contributed by atoms with van der Waals surface area (Å²) in [5, 5.41) is 6.53. The number of imidazole rings is 1. The number of likely N-dealkylation sites (tertiary alicyclic amines) is 1. The lowest BCUT2D eigenvalue weighted by atomic mass is 9.83. The van der Waals surface area contributed by atoms with E-state index in [1.807, 2.05) is 6.92 Å². The molecule has 0 saturated carbocycles. The monoisotopic (exact) mass is 697 g/mol. The number of rotatable bonds is 11. The molecule has 15 heteroatoms. The van der Waals surface area contributed by atoms with Crippen molar-refractivity contribution >= 4 is 28.8 Å². The van der Waals surface area contributed by atoms with Gasteiger partial charge in [-0.25, -0.2) is 14.4 Å². The molecule has 2 aliphatic rings. The Hall–Kier alpha value is -4.60. The summed E-state index contributed by atoms with van der Waals surface area (Å²) in [6, 6.07) is 5.50. The van der Waals surface area contributed by atoms with E-state index in [0.29, 0.717) is 74.4 Å². The maximum Gasteiger partial charge on any atom is 0.387 e. The van der Waals surface area contributed by atoms with Crippen LogP contribution in [-0.2, 0) is 6.42 Å². The van der Waals surface area contributed by atoms with Gasteiger partial charge in [-0.05, 0) is 36.2 Å². The first-order valence-corrected chi connectivity index (χ1v) is 16.8. The zero-order chi connectivity index (χ0) is 35.6. The number of amides is 1. The number of carbonyl (C=O) groups is 2. The molecule has 0 spiro atoms. The molecule has 0 bridgehead atoms. The number of quaternary nitrogens is 1. The minimum absolute atomic E-state index is 0.0575. The summed E-state index contributed by atoms with van der Waals surface area (Å²) in [4.78, 5) is 39.0. The summed E-state index contributed by atoms with van der Waals surface area (Å²) in [5.74, 6) is -4.06. The Bertz CT molecular complexity index is 1890. The number of nitrogens with two attached hydrogens (primary N) is 1. The minimum Gasteiger partial charge on any atom is -0.432 e. The van der Waals surface area contributed by atoms with Gasteiger partial charge in [-0.2, -0.15) is 13.2 Å². The molecule has 266 valence electrons. The second-order valence-electron chi connectivity index (χ2n) is 13.0. The lowest BCUT2D eigenvalue weighted by Gasteiger charge is -2.40. The highest BCUT2D eigenvalue weighted by Crippen LogP contribution is 2.36. The van der Waals surface area contributed by atoms with Gasteiger partial charge in [0.1, 0.15) is 0 Å². The van der Waals surface area contributed by atoms with Crippen LogP contribution in [0.3, 0.4) is 0 Å². The number of carbonyl (C=O) groups excluding carboxylic acids is 2. The topological polar surface area (TPSA) is 127 Å². The Morgan fingerprint density at radius 2 is 1.84 bits per heavy atom. The average Bonchev–Trinajstić information content (AvgIpc) is 3.55. The van der Waals surface area contributed by atoms with Gasteiger partial charge < -0.3 is 30.5 Å². The Balaban J connectivity index is 1.39. The number of hydrogen-bond acceptors (Lipinski definition) is 8. The Morgan fingerprint density at radius 1 is 1.10 bits per heavy atom. The molecule has 0 aliphatic carbocycles. The molecule has 0 unspecified atom stereocenters. The number of halogens is 4. The maximum atomic E-state index is 15.1. The summed E-state index contributed by atoms with van der Waals surface area (Å²) < 4.78 is 61.5. The van der Waals surface area contributed by atoms with Crippen molar-refractivity contribution in [1.82, 2.24) is 24.6 Å². The lowest BCUT2D eigenvalue weighted by molar-refractivity contribution is -0.913. The van der Waals surface area contributed by atoms with Crippen molar-refractivity contribution in [2.45, 2.75) is 32.8 Å². The number of piperidine rings is 1. The number of aromatic nitrogens is 3. The second-order valence-corrected chi connectivity index (χ2v) is 13.0. The number of anilines is 2. The molecule has 1 amide bonds. The number of ketones is 1. The maximum absolute atomic E-state index is 15.1. The van der Waals surface area contributed by atoms with Crippen LogP contribution in [0.15, 0.2) is 42.9 Å². The summed E-state index contributed by atoms with van der Waals surface area (Å²) in [7, 11) is 2.15. The van der Waals surface area contributed by atoms with E-state index in [0.717, 1.165) is 36.3 Å². The predicted molar refractivity (Wildman–Crippen MR) is 180 cm³/mol. The van der Waals surface area contributed by atoms with Crippen LogP contribution < -0.4 is 21.1 Å². The Labute approximate surface area is 287 Å². The predicted octanol–water partition coefficient (Wildman–Crippen LogP) is 4.63. The van der Waals surface area contributed by atoms with Gasteiger partial charge >= 0.3 is 6.61 Å². The fourth-order valence-corrected chi connectivity index (χ4v) is 7.08. The molecule has 4 aromatic rings. The number of benzene rings is 2. The molecule has 0 atom stereocenters. The second kappa shape index (κ2) is 14.7. The molecule has 2 fully saturated rings. The van der Waals surface area contributed by atoms with Crippen molar-refractivity contribution in [2.24, 2.45) is 11.7 Å². The van der Waals surface area contributed by atoms with E-state index in [4.69, 9.17) is 5.73 Å². The van der Waals surface area contributed by atoms with Crippen molar-refractivity contribution < 1.29 is 36.4 Å². The van der Waals surface area contributed by atoms with E-state index in [-0.39, 0.29) is 40.3 Å². The van der Waals surface area contributed by atoms with Crippen LogP contribution in [0, 0.1) is 17.6 Å². The number of hydrogen-bond donors (Lipinski definition) is 3. The third-order valence-electron chi connectivity index (χ3n) is 9.84. The van der Waals surface area contributed by atoms with E-state index in [2.05, 4.69) is 32.4 Å². The third-order valence-corrected chi connectivity index (χ3v) is 9.84. The molecule has 2 aliphatic heterocycles. The van der Waals surface area contributed by atoms with E-state index in [1.54, 1.807) is 17.0 Å². The van der Waals surface area contributed by atoms with Gasteiger partial charge in [0, 0.05) is 80.6 Å². The highest BCUT2D eigenvalue weighted by atomic mass is 19.3. The fourth-order valence-electron chi connectivity index (χ4n) is 7.08. The van der Waals surface area contributed by atoms with Crippen LogP contribution >= 0.6 is 0 Å². The molecular formula is C35H41F4N8O3+. The van der Waals surface area contributed by atoms with E-state index in [9.17, 15) is 22.8 Å². The summed E-state index contributed by atoms with van der Waals surface area (Å²) in [6.07, 6.45) is 6.03. The number of nitrogens with one attached hydrogen (secondary N) is 2. The molecule has 4 heterocycles. The van der Waals surface area contributed by atoms with Gasteiger partial charge in [0.25, 0.3) is 5.91 Å². The Morgan fingerprint density at radius 3 is 2.52 bits per heavy atom. The quantitative estimate of drug-likeness (QED) is 0.118. The number of piperazine rings is 1. The molecule has 2 aromatic carbocycles. The largest absolute Gasteiger partial charge is 0.432 e. The van der Waals surface area contributed by atoms with Gasteiger partial charge in [-0.1, -0.05) is 6.92 Å². The summed E-state index contributed by atoms with van der Waals surface area (Å²) >= 11 is 0. The van der Waals surface area contributed by atoms with Gasteiger partial charge in [0.05, 0.1) is 44.3 Å². The van der Waals surface area contributed by atoms with Crippen LogP contribution in [0.1, 0.15) is 46.0 Å². The van der Waals surface area contributed by atoms with Crippen molar-refractivity contribution in [2.75, 3.05) is 64.7 Å². The van der Waals surface area contributed by atoms with Crippen molar-refractivity contribution in [3.8, 4) is 17.0 Å². The standard InChI is InChI=1S/C35H40F4N8O3/c1-3-22-23(34(49)45-14-11-41-12-15-45)4-6-25(28(22)31(48)21-8-17-47(2,18-9-21)19-10-40)44-32-33-43-20-26(46(33)16-13-42-32)24-5-7-27(50-35(38)39)30(37)29(24)36/h4-7,13,16,20-21,35,41H,3,8-12,14-15,17-19,40H2,1-2H3/p+1. The molecule has 4 N–H and O–H groups in total. The van der Waals surface area contributed by atoms with Crippen LogP contribution in [0.5, 0.6) is 5.75 Å². The zero-order valence-corrected chi connectivity index (χ0v) is 28.0. The molecule has 2 saturated heterocycles. The smallest absolute Gasteiger partial charge is 0.387 e. The lowest BCUT2D eigenvalue weighted by Crippen LogP contribution is -2.53. The van der Waals surface area contributed by atoms with Crippen LogP contribution in [0.2, 0.25) is 0 Å². The highest BCUT2D eigenvalue weighted by molar-refractivity contribution is 6.08. The van der Waals surface area contributed by atoms with Crippen LogP contribution in [-0.4, -0.2) is 101 Å². The van der Waals surface area contributed by atoms with E-state index in [1.165, 1.54) is 23.0 Å². The normalized spacial score (nSPS) is 19.6. The molecular weight excluding hydrogens is 656 g/mol. The highest BCUT2D eigenvalue weighted by Gasteiger charge is 2.36. The van der Waals surface area contributed by atoms with Gasteiger partial charge in [0.2, 0.25) is 5.82 Å². The zero-order valence-electron chi connectivity index (χ0n) is 28.0. The first kappa shape index (κ1) is 35.2. The first-order chi connectivity index (χ1) is 24.0. The number of alkyl halides is 2. The molecule has 11 nitrogen and oxygen atoms in total. The molecule has 0 radical (unpaired) electrons. The molecule has 50 heavy (non-hydrogen) atoms. The molecule has 2 aromatic heterocycles. The van der Waals surface area contributed by atoms with E-state index >= 15 is 4.39 Å². The van der Waals surface area contributed by atoms with Crippen molar-refractivity contribution in [3.05, 3.63) is 71.2 Å². The van der Waals surface area contributed by atoms with Crippen LogP contribution in [0.25, 0.3) is 16.9 Å². The van der Waals surface area contributed by atoms with E-state index < -0.39 is 24.0 Å². The first-order valence-electron chi connectivity index (χ1n) is 16.8. The Kier molecular flexibility index (Phi) is 10.4. The van der Waals surface area contributed by atoms with Gasteiger partial charge in [-0.15, -0.1) is 0 Å². The number of ether oxygens (including phenoxy) is 1. The van der Waals surface area contributed by atoms with Gasteiger partial charge in [-0.3, -0.25) is 14.0 Å². The van der Waals surface area contributed by atoms with Gasteiger partial charge in [0.15, 0.2) is 28.8 Å². The van der Waals surface area contributed by atoms with Crippen molar-refractivity contribution in [3.63, 3.8) is 0 Å². The van der Waals surface area contributed by atoms with Crippen LogP contribution in [0.4, 0.5) is 29.1 Å². The third kappa shape index (κ3) is 6.89. The minimum atomic E-state index is -3.32. The summed E-state index contributed by atoms with van der Waals surface area (Å²) in [6.45, 7) is 4.10. The summed E-state index contributed by atoms with van der Waals surface area (Å²) in [5.41, 5.74) is 8.01. The number of likely N-dealkylation sites (N-methyl/N-ethyl adjacent to an activating group) is 1. The fraction of sp³-hybridized carbons (Fsp3) is 0.429. The average molecular weight is 698 g/mol. The van der Waals surface area contributed by atoms with Crippen molar-refractivity contribution in [1.29, 1.82) is 0 Å². The number of nitrogens with zero attached hydrogens (tertiary/aromatic N) is 5. The SMILES string of the molecule is CCc1c(C(=O)N2CCNCC2)ccc(Nc2nccn3c(-c4ccc(OC(F)F)c(F)c4F)cnc23)c1C(=O)C1CC[N+](C)(CCN)CC1.